The van der Waals surface area contributed by atoms with Gasteiger partial charge in [-0.25, -0.2) is 0 Å². The molecule has 1 aromatic heterocycles. The highest BCUT2D eigenvalue weighted by molar-refractivity contribution is 6.19. The lowest BCUT2D eigenvalue weighted by Gasteiger charge is -2.08. The van der Waals surface area contributed by atoms with E-state index in [1.807, 2.05) is 6.07 Å². The van der Waals surface area contributed by atoms with Crippen LogP contribution in [0.5, 0.6) is 5.75 Å². The van der Waals surface area contributed by atoms with Gasteiger partial charge in [0.05, 0.1) is 18.7 Å². The molecule has 4 heteroatoms. The first-order chi connectivity index (χ1) is 9.22. The van der Waals surface area contributed by atoms with Crippen LogP contribution in [-0.4, -0.2) is 30.7 Å². The molecule has 0 aliphatic rings. The molecule has 0 fully saturated rings. The van der Waals surface area contributed by atoms with Gasteiger partial charge in [0.15, 0.2) is 0 Å². The predicted molar refractivity (Wildman–Crippen MR) is 77.6 cm³/mol. The molecule has 0 aliphatic heterocycles. The highest BCUT2D eigenvalue weighted by Crippen LogP contribution is 2.10. The number of hydrogen-bond acceptors (Lipinski definition) is 3. The first-order valence-corrected chi connectivity index (χ1v) is 6.96. The molecule has 19 heavy (non-hydrogen) atoms. The molecule has 0 aromatic carbocycles. The van der Waals surface area contributed by atoms with E-state index in [0.29, 0.717) is 30.8 Å². The van der Waals surface area contributed by atoms with Gasteiger partial charge in [-0.2, -0.15) is 0 Å². The number of nitrogens with zero attached hydrogens (tertiary/aromatic N) is 1. The zero-order valence-corrected chi connectivity index (χ0v) is 12.2. The van der Waals surface area contributed by atoms with Gasteiger partial charge in [-0.1, -0.05) is 25.7 Å². The minimum atomic E-state index is 0.314. The van der Waals surface area contributed by atoms with Crippen molar-refractivity contribution in [3.8, 4) is 17.6 Å². The summed E-state index contributed by atoms with van der Waals surface area (Å²) in [6, 6.07) is 1.85. The molecule has 1 aromatic rings. The minimum Gasteiger partial charge on any atom is -0.490 e. The smallest absolute Gasteiger partial charge is 0.138 e. The minimum absolute atomic E-state index is 0.314. The lowest BCUT2D eigenvalue weighted by Crippen LogP contribution is -2.08. The number of pyridine rings is 1. The fourth-order valence-electron chi connectivity index (χ4n) is 1.34. The molecule has 3 nitrogen and oxygen atoms in total. The van der Waals surface area contributed by atoms with Crippen molar-refractivity contribution < 1.29 is 9.47 Å². The van der Waals surface area contributed by atoms with Crippen LogP contribution < -0.4 is 4.74 Å². The molecule has 104 valence electrons. The maximum Gasteiger partial charge on any atom is 0.138 e. The number of rotatable bonds is 7. The highest BCUT2D eigenvalue weighted by atomic mass is 35.5. The van der Waals surface area contributed by atoms with Gasteiger partial charge < -0.3 is 9.47 Å². The van der Waals surface area contributed by atoms with Crippen molar-refractivity contribution in [1.82, 2.24) is 4.98 Å². The van der Waals surface area contributed by atoms with E-state index in [2.05, 4.69) is 30.7 Å². The molecule has 0 spiro atoms. The fraction of sp³-hybridized carbons (Fsp3) is 0.533. The van der Waals surface area contributed by atoms with Gasteiger partial charge in [0.2, 0.25) is 0 Å². The van der Waals surface area contributed by atoms with Crippen molar-refractivity contribution in [1.29, 1.82) is 0 Å². The van der Waals surface area contributed by atoms with Gasteiger partial charge in [0.25, 0.3) is 0 Å². The lowest BCUT2D eigenvalue weighted by molar-refractivity contribution is 0.0924. The molecule has 1 rings (SSSR count). The Kier molecular flexibility index (Phi) is 8.04. The SMILES string of the molecule is CC(C)CCOCCOc1cncc(C#CCCl)c1. The molecular formula is C15H20ClNO2. The molecule has 0 unspecified atom stereocenters. The second kappa shape index (κ2) is 9.66. The van der Waals surface area contributed by atoms with E-state index in [4.69, 9.17) is 21.1 Å². The summed E-state index contributed by atoms with van der Waals surface area (Å²) in [7, 11) is 0. The number of ether oxygens (including phenoxy) is 2. The fourth-order valence-corrected chi connectivity index (χ4v) is 1.41. The average molecular weight is 282 g/mol. The molecule has 0 N–H and O–H groups in total. The van der Waals surface area contributed by atoms with Gasteiger partial charge in [0.1, 0.15) is 12.4 Å². The zero-order valence-electron chi connectivity index (χ0n) is 11.5. The van der Waals surface area contributed by atoms with Crippen LogP contribution >= 0.6 is 11.6 Å². The molecule has 0 aliphatic carbocycles. The molecule has 0 amide bonds. The molecule has 1 heterocycles. The molecule has 0 radical (unpaired) electrons. The second-order valence-corrected chi connectivity index (χ2v) is 4.76. The van der Waals surface area contributed by atoms with Gasteiger partial charge in [-0.3, -0.25) is 4.98 Å². The summed E-state index contributed by atoms with van der Waals surface area (Å²) in [6.45, 7) is 6.24. The quantitative estimate of drug-likeness (QED) is 0.437. The summed E-state index contributed by atoms with van der Waals surface area (Å²) >= 11 is 5.50. The van der Waals surface area contributed by atoms with Crippen LogP contribution in [0.25, 0.3) is 0 Å². The summed E-state index contributed by atoms with van der Waals surface area (Å²) in [6.07, 6.45) is 4.43. The summed E-state index contributed by atoms with van der Waals surface area (Å²) in [5.41, 5.74) is 0.805. The van der Waals surface area contributed by atoms with Crippen LogP contribution in [0, 0.1) is 17.8 Å². The largest absolute Gasteiger partial charge is 0.490 e. The number of aromatic nitrogens is 1. The van der Waals surface area contributed by atoms with Crippen LogP contribution in [0.1, 0.15) is 25.8 Å². The van der Waals surface area contributed by atoms with Crippen LogP contribution in [0.15, 0.2) is 18.5 Å². The van der Waals surface area contributed by atoms with Gasteiger partial charge in [0, 0.05) is 18.4 Å². The molecule has 0 bridgehead atoms. The maximum atomic E-state index is 5.55. The molecule has 0 atom stereocenters. The summed E-state index contributed by atoms with van der Waals surface area (Å²) < 4.78 is 11.0. The van der Waals surface area contributed by atoms with E-state index >= 15 is 0 Å². The van der Waals surface area contributed by atoms with Crippen molar-refractivity contribution in [3.05, 3.63) is 24.0 Å². The number of halogens is 1. The Bertz CT molecular complexity index is 424. The molecule has 0 saturated carbocycles. The van der Waals surface area contributed by atoms with E-state index in [0.717, 1.165) is 18.6 Å². The monoisotopic (exact) mass is 281 g/mol. The Labute approximate surface area is 120 Å². The lowest BCUT2D eigenvalue weighted by atomic mass is 10.1. The third-order valence-corrected chi connectivity index (χ3v) is 2.48. The summed E-state index contributed by atoms with van der Waals surface area (Å²) in [5, 5.41) is 0. The number of alkyl halides is 1. The van der Waals surface area contributed by atoms with E-state index in [-0.39, 0.29) is 0 Å². The van der Waals surface area contributed by atoms with Crippen molar-refractivity contribution >= 4 is 11.6 Å². The normalized spacial score (nSPS) is 10.1. The van der Waals surface area contributed by atoms with E-state index in [9.17, 15) is 0 Å². The van der Waals surface area contributed by atoms with E-state index in [1.165, 1.54) is 0 Å². The first kappa shape index (κ1) is 15.8. The van der Waals surface area contributed by atoms with E-state index in [1.54, 1.807) is 12.4 Å². The number of hydrogen-bond donors (Lipinski definition) is 0. The highest BCUT2D eigenvalue weighted by Gasteiger charge is 1.97. The molecule has 0 saturated heterocycles. The Morgan fingerprint density at radius 2 is 2.11 bits per heavy atom. The predicted octanol–water partition coefficient (Wildman–Crippen LogP) is 3.11. The van der Waals surface area contributed by atoms with Crippen molar-refractivity contribution in [2.45, 2.75) is 20.3 Å². The Hall–Kier alpha value is -1.24. The van der Waals surface area contributed by atoms with Gasteiger partial charge >= 0.3 is 0 Å². The molecular weight excluding hydrogens is 262 g/mol. The van der Waals surface area contributed by atoms with Gasteiger partial charge in [-0.05, 0) is 18.4 Å². The van der Waals surface area contributed by atoms with Crippen LogP contribution in [0.3, 0.4) is 0 Å². The second-order valence-electron chi connectivity index (χ2n) is 4.49. The van der Waals surface area contributed by atoms with Crippen molar-refractivity contribution in [2.24, 2.45) is 5.92 Å². The van der Waals surface area contributed by atoms with Crippen LogP contribution in [0.2, 0.25) is 0 Å². The third kappa shape index (κ3) is 7.71. The zero-order chi connectivity index (χ0) is 13.9. The Morgan fingerprint density at radius 1 is 1.26 bits per heavy atom. The summed E-state index contributed by atoms with van der Waals surface area (Å²) in [4.78, 5) is 4.06. The summed E-state index contributed by atoms with van der Waals surface area (Å²) in [5.74, 6) is 7.37. The van der Waals surface area contributed by atoms with Crippen molar-refractivity contribution in [2.75, 3.05) is 25.7 Å². The van der Waals surface area contributed by atoms with Gasteiger partial charge in [-0.15, -0.1) is 11.6 Å². The standard InChI is InChI=1S/C15H20ClNO2/c1-13(2)5-7-18-8-9-19-15-10-14(4-3-6-16)11-17-12-15/h10-13H,5-9H2,1-2H3. The maximum absolute atomic E-state index is 5.55. The Morgan fingerprint density at radius 3 is 2.84 bits per heavy atom. The first-order valence-electron chi connectivity index (χ1n) is 6.43. The van der Waals surface area contributed by atoms with Crippen LogP contribution in [0.4, 0.5) is 0 Å². The van der Waals surface area contributed by atoms with E-state index < -0.39 is 0 Å². The third-order valence-electron chi connectivity index (χ3n) is 2.35. The topological polar surface area (TPSA) is 31.4 Å². The van der Waals surface area contributed by atoms with Crippen LogP contribution in [-0.2, 0) is 4.74 Å². The van der Waals surface area contributed by atoms with Crippen molar-refractivity contribution in [3.63, 3.8) is 0 Å². The average Bonchev–Trinajstić information content (AvgIpc) is 2.40. The Balaban J connectivity index is 2.25.